The number of amides is 2. The van der Waals surface area contributed by atoms with Gasteiger partial charge in [0.1, 0.15) is 0 Å². The van der Waals surface area contributed by atoms with Gasteiger partial charge in [0.2, 0.25) is 0 Å². The van der Waals surface area contributed by atoms with Gasteiger partial charge in [0, 0.05) is 13.1 Å². The molecule has 2 atom stereocenters. The quantitative estimate of drug-likeness (QED) is 0.499. The highest BCUT2D eigenvalue weighted by Crippen LogP contribution is 2.09. The SMILES string of the molecule is CC(CNC(=O)N[C@H](CO)C(=O)O)CN1CCCC1. The van der Waals surface area contributed by atoms with E-state index in [0.717, 1.165) is 19.6 Å². The molecule has 2 amide bonds. The van der Waals surface area contributed by atoms with Crippen molar-refractivity contribution in [1.29, 1.82) is 0 Å². The second-order valence-electron chi connectivity index (χ2n) is 5.04. The smallest absolute Gasteiger partial charge is 0.328 e. The van der Waals surface area contributed by atoms with Gasteiger partial charge >= 0.3 is 12.0 Å². The summed E-state index contributed by atoms with van der Waals surface area (Å²) in [5.41, 5.74) is 0. The zero-order valence-electron chi connectivity index (χ0n) is 11.3. The molecule has 0 bridgehead atoms. The molecular weight excluding hydrogens is 250 g/mol. The van der Waals surface area contributed by atoms with Gasteiger partial charge in [-0.05, 0) is 31.8 Å². The predicted molar refractivity (Wildman–Crippen MR) is 69.9 cm³/mol. The van der Waals surface area contributed by atoms with E-state index in [1.807, 2.05) is 6.92 Å². The first-order valence-corrected chi connectivity index (χ1v) is 6.63. The van der Waals surface area contributed by atoms with Gasteiger partial charge in [-0.1, -0.05) is 6.92 Å². The number of hydrogen-bond acceptors (Lipinski definition) is 4. The molecule has 1 saturated heterocycles. The Morgan fingerprint density at radius 3 is 2.47 bits per heavy atom. The average molecular weight is 273 g/mol. The van der Waals surface area contributed by atoms with Crippen LogP contribution in [0.5, 0.6) is 0 Å². The van der Waals surface area contributed by atoms with E-state index in [9.17, 15) is 9.59 Å². The van der Waals surface area contributed by atoms with Crippen LogP contribution in [0.25, 0.3) is 0 Å². The minimum absolute atomic E-state index is 0.307. The molecule has 0 aromatic heterocycles. The molecule has 0 aromatic rings. The lowest BCUT2D eigenvalue weighted by molar-refractivity contribution is -0.140. The van der Waals surface area contributed by atoms with Gasteiger partial charge in [-0.3, -0.25) is 0 Å². The Morgan fingerprint density at radius 2 is 1.95 bits per heavy atom. The maximum atomic E-state index is 11.4. The Bertz CT molecular complexity index is 305. The lowest BCUT2D eigenvalue weighted by atomic mass is 10.1. The van der Waals surface area contributed by atoms with Crippen LogP contribution in [0.15, 0.2) is 0 Å². The Hall–Kier alpha value is -1.34. The first-order valence-electron chi connectivity index (χ1n) is 6.63. The third kappa shape index (κ3) is 5.89. The summed E-state index contributed by atoms with van der Waals surface area (Å²) in [6.07, 6.45) is 2.47. The summed E-state index contributed by atoms with van der Waals surface area (Å²) in [5.74, 6) is -0.941. The molecule has 7 heteroatoms. The lowest BCUT2D eigenvalue weighted by Crippen LogP contribution is -2.49. The van der Waals surface area contributed by atoms with Gasteiger partial charge in [0.15, 0.2) is 6.04 Å². The topological polar surface area (TPSA) is 102 Å². The van der Waals surface area contributed by atoms with Crippen molar-refractivity contribution in [3.05, 3.63) is 0 Å². The van der Waals surface area contributed by atoms with Crippen LogP contribution < -0.4 is 10.6 Å². The maximum absolute atomic E-state index is 11.4. The zero-order chi connectivity index (χ0) is 14.3. The third-order valence-corrected chi connectivity index (χ3v) is 3.17. The first kappa shape index (κ1) is 15.7. The van der Waals surface area contributed by atoms with Crippen molar-refractivity contribution in [3.8, 4) is 0 Å². The fourth-order valence-corrected chi connectivity index (χ4v) is 2.13. The van der Waals surface area contributed by atoms with Gasteiger partial charge in [-0.2, -0.15) is 0 Å². The number of hydrogen-bond donors (Lipinski definition) is 4. The van der Waals surface area contributed by atoms with Gasteiger partial charge in [-0.25, -0.2) is 9.59 Å². The van der Waals surface area contributed by atoms with E-state index >= 15 is 0 Å². The summed E-state index contributed by atoms with van der Waals surface area (Å²) in [6, 6.07) is -1.82. The monoisotopic (exact) mass is 273 g/mol. The number of nitrogens with zero attached hydrogens (tertiary/aromatic N) is 1. The Labute approximate surface area is 113 Å². The molecule has 7 nitrogen and oxygen atoms in total. The zero-order valence-corrected chi connectivity index (χ0v) is 11.3. The fraction of sp³-hybridized carbons (Fsp3) is 0.833. The van der Waals surface area contributed by atoms with E-state index < -0.39 is 24.6 Å². The van der Waals surface area contributed by atoms with Crippen LogP contribution >= 0.6 is 0 Å². The molecule has 1 heterocycles. The molecule has 0 spiro atoms. The van der Waals surface area contributed by atoms with E-state index in [0.29, 0.717) is 12.5 Å². The number of rotatable bonds is 7. The minimum Gasteiger partial charge on any atom is -0.480 e. The minimum atomic E-state index is -1.26. The summed E-state index contributed by atoms with van der Waals surface area (Å²) in [6.45, 7) is 5.07. The van der Waals surface area contributed by atoms with Crippen molar-refractivity contribution in [3.63, 3.8) is 0 Å². The van der Waals surface area contributed by atoms with E-state index in [2.05, 4.69) is 15.5 Å². The van der Waals surface area contributed by atoms with Crippen molar-refractivity contribution < 1.29 is 19.8 Å². The molecule has 110 valence electrons. The standard InChI is InChI=1S/C12H23N3O4/c1-9(7-15-4-2-3-5-15)6-13-12(19)14-10(8-16)11(17)18/h9-10,16H,2-8H2,1H3,(H,17,18)(H2,13,14,19)/t9?,10-/m1/s1. The molecule has 0 aliphatic carbocycles. The molecular formula is C12H23N3O4. The van der Waals surface area contributed by atoms with Crippen LogP contribution in [0, 0.1) is 5.92 Å². The maximum Gasteiger partial charge on any atom is 0.328 e. The van der Waals surface area contributed by atoms with Crippen molar-refractivity contribution in [2.75, 3.05) is 32.8 Å². The van der Waals surface area contributed by atoms with E-state index in [4.69, 9.17) is 10.2 Å². The molecule has 0 radical (unpaired) electrons. The van der Waals surface area contributed by atoms with Gasteiger partial charge in [-0.15, -0.1) is 0 Å². The van der Waals surface area contributed by atoms with Crippen LogP contribution in [0.4, 0.5) is 4.79 Å². The Balaban J connectivity index is 2.19. The predicted octanol–water partition coefficient (Wildman–Crippen LogP) is -0.537. The normalized spacial score (nSPS) is 18.8. The number of likely N-dealkylation sites (tertiary alicyclic amines) is 1. The second-order valence-corrected chi connectivity index (χ2v) is 5.04. The summed E-state index contributed by atoms with van der Waals surface area (Å²) < 4.78 is 0. The molecule has 1 aliphatic rings. The van der Waals surface area contributed by atoms with Gasteiger partial charge in [0.05, 0.1) is 6.61 Å². The van der Waals surface area contributed by atoms with Crippen molar-refractivity contribution >= 4 is 12.0 Å². The number of aliphatic hydroxyl groups is 1. The van der Waals surface area contributed by atoms with Crippen LogP contribution in [0.3, 0.4) is 0 Å². The van der Waals surface area contributed by atoms with Gasteiger partial charge in [0.25, 0.3) is 0 Å². The average Bonchev–Trinajstić information content (AvgIpc) is 2.85. The van der Waals surface area contributed by atoms with E-state index in [-0.39, 0.29) is 0 Å². The molecule has 1 fully saturated rings. The molecule has 1 aliphatic heterocycles. The summed E-state index contributed by atoms with van der Waals surface area (Å²) in [7, 11) is 0. The Morgan fingerprint density at radius 1 is 1.32 bits per heavy atom. The molecule has 4 N–H and O–H groups in total. The highest BCUT2D eigenvalue weighted by Gasteiger charge is 2.19. The lowest BCUT2D eigenvalue weighted by Gasteiger charge is -2.21. The number of urea groups is 1. The number of aliphatic carboxylic acids is 1. The molecule has 1 unspecified atom stereocenters. The highest BCUT2D eigenvalue weighted by molar-refractivity contribution is 5.82. The third-order valence-electron chi connectivity index (χ3n) is 3.17. The summed E-state index contributed by atoms with van der Waals surface area (Å²) >= 11 is 0. The molecule has 0 aromatic carbocycles. The summed E-state index contributed by atoms with van der Waals surface area (Å²) in [4.78, 5) is 24.4. The molecule has 0 saturated carbocycles. The number of carboxylic acid groups (broad SMARTS) is 1. The summed E-state index contributed by atoms with van der Waals surface area (Å²) in [5, 5.41) is 22.3. The number of carbonyl (C=O) groups excluding carboxylic acids is 1. The van der Waals surface area contributed by atoms with Crippen LogP contribution in [-0.2, 0) is 4.79 Å². The van der Waals surface area contributed by atoms with Crippen molar-refractivity contribution in [2.24, 2.45) is 5.92 Å². The van der Waals surface area contributed by atoms with Crippen LogP contribution in [0.2, 0.25) is 0 Å². The Kier molecular flexibility index (Phi) is 6.58. The number of nitrogens with one attached hydrogen (secondary N) is 2. The second kappa shape index (κ2) is 7.96. The van der Waals surface area contributed by atoms with Crippen LogP contribution in [0.1, 0.15) is 19.8 Å². The van der Waals surface area contributed by atoms with E-state index in [1.54, 1.807) is 0 Å². The largest absolute Gasteiger partial charge is 0.480 e. The number of carboxylic acids is 1. The van der Waals surface area contributed by atoms with E-state index in [1.165, 1.54) is 12.8 Å². The van der Waals surface area contributed by atoms with Gasteiger partial charge < -0.3 is 25.7 Å². The van der Waals surface area contributed by atoms with Crippen molar-refractivity contribution in [1.82, 2.24) is 15.5 Å². The number of aliphatic hydroxyl groups excluding tert-OH is 1. The molecule has 1 rings (SSSR count). The molecule has 19 heavy (non-hydrogen) atoms. The van der Waals surface area contributed by atoms with Crippen molar-refractivity contribution in [2.45, 2.75) is 25.8 Å². The fourth-order valence-electron chi connectivity index (χ4n) is 2.13. The van der Waals surface area contributed by atoms with Crippen LogP contribution in [-0.4, -0.2) is 65.9 Å². The first-order chi connectivity index (χ1) is 9.02. The highest BCUT2D eigenvalue weighted by atomic mass is 16.4. The number of carbonyl (C=O) groups is 2.